The molecule has 1 fully saturated rings. The fourth-order valence-electron chi connectivity index (χ4n) is 2.24. The Labute approximate surface area is 121 Å². The van der Waals surface area contributed by atoms with Crippen LogP contribution in [0.4, 0.5) is 5.69 Å². The lowest BCUT2D eigenvalue weighted by Crippen LogP contribution is -2.43. The van der Waals surface area contributed by atoms with Gasteiger partial charge in [0.25, 0.3) is 0 Å². The number of carbonyl (C=O) groups excluding carboxylic acids is 1. The Kier molecular flexibility index (Phi) is 4.94. The molecule has 1 amide bonds. The van der Waals surface area contributed by atoms with Crippen molar-refractivity contribution < 1.29 is 4.79 Å². The molecule has 1 saturated heterocycles. The van der Waals surface area contributed by atoms with Crippen LogP contribution < -0.4 is 5.32 Å². The average Bonchev–Trinajstić information content (AvgIpc) is 2.42. The Morgan fingerprint density at radius 2 is 2.16 bits per heavy atom. The number of benzene rings is 1. The van der Waals surface area contributed by atoms with Gasteiger partial charge in [0.2, 0.25) is 5.91 Å². The van der Waals surface area contributed by atoms with Crippen LogP contribution in [0.2, 0.25) is 0 Å². The normalized spacial score (nSPS) is 19.7. The molecule has 4 nitrogen and oxygen atoms in total. The molecule has 0 bridgehead atoms. The number of nitriles is 1. The van der Waals surface area contributed by atoms with Crippen molar-refractivity contribution in [2.24, 2.45) is 0 Å². The van der Waals surface area contributed by atoms with Gasteiger partial charge in [0.15, 0.2) is 0 Å². The first-order chi connectivity index (χ1) is 9.19. The molecule has 0 saturated carbocycles. The van der Waals surface area contributed by atoms with Crippen LogP contribution in [0.5, 0.6) is 0 Å². The number of halogens is 1. The molecule has 1 heterocycles. The van der Waals surface area contributed by atoms with E-state index >= 15 is 0 Å². The Bertz CT molecular complexity index is 480. The van der Waals surface area contributed by atoms with Gasteiger partial charge in [0.05, 0.1) is 18.7 Å². The first-order valence-electron chi connectivity index (χ1n) is 6.38. The van der Waals surface area contributed by atoms with Crippen molar-refractivity contribution in [3.8, 4) is 6.07 Å². The molecule has 1 unspecified atom stereocenters. The fourth-order valence-corrected chi connectivity index (χ4v) is 2.51. The van der Waals surface area contributed by atoms with Gasteiger partial charge in [0.1, 0.15) is 0 Å². The molecule has 5 heteroatoms. The summed E-state index contributed by atoms with van der Waals surface area (Å²) in [6, 6.07) is 9.61. The molecule has 1 aromatic rings. The summed E-state index contributed by atoms with van der Waals surface area (Å²) < 4.78 is 0.978. The second kappa shape index (κ2) is 6.69. The van der Waals surface area contributed by atoms with Crippen molar-refractivity contribution in [2.75, 3.05) is 18.4 Å². The molecule has 1 aliphatic rings. The molecule has 19 heavy (non-hydrogen) atoms. The second-order valence-electron chi connectivity index (χ2n) is 4.67. The zero-order chi connectivity index (χ0) is 13.7. The van der Waals surface area contributed by atoms with E-state index in [4.69, 9.17) is 5.26 Å². The van der Waals surface area contributed by atoms with Gasteiger partial charge in [-0.2, -0.15) is 5.26 Å². The number of hydrogen-bond acceptors (Lipinski definition) is 3. The van der Waals surface area contributed by atoms with Crippen LogP contribution in [0.15, 0.2) is 28.7 Å². The molecule has 1 aliphatic heterocycles. The third-order valence-electron chi connectivity index (χ3n) is 3.24. The Morgan fingerprint density at radius 3 is 2.84 bits per heavy atom. The highest BCUT2D eigenvalue weighted by atomic mass is 79.9. The molecule has 1 atom stereocenters. The van der Waals surface area contributed by atoms with Crippen molar-refractivity contribution >= 4 is 27.5 Å². The molecule has 0 aromatic heterocycles. The lowest BCUT2D eigenvalue weighted by molar-refractivity contribution is -0.117. The van der Waals surface area contributed by atoms with Gasteiger partial charge in [0, 0.05) is 10.2 Å². The summed E-state index contributed by atoms with van der Waals surface area (Å²) in [6.45, 7) is 1.11. The van der Waals surface area contributed by atoms with Crippen LogP contribution in [0.1, 0.15) is 19.3 Å². The van der Waals surface area contributed by atoms with E-state index in [9.17, 15) is 4.79 Å². The fraction of sp³-hybridized carbons (Fsp3) is 0.429. The third-order valence-corrected chi connectivity index (χ3v) is 3.77. The molecule has 0 aliphatic carbocycles. The van der Waals surface area contributed by atoms with Crippen LogP contribution >= 0.6 is 15.9 Å². The highest BCUT2D eigenvalue weighted by molar-refractivity contribution is 9.10. The predicted octanol–water partition coefficient (Wildman–Crippen LogP) is 2.77. The first kappa shape index (κ1) is 14.0. The van der Waals surface area contributed by atoms with E-state index in [2.05, 4.69) is 27.3 Å². The van der Waals surface area contributed by atoms with Crippen LogP contribution in [0, 0.1) is 11.3 Å². The zero-order valence-electron chi connectivity index (χ0n) is 10.6. The highest BCUT2D eigenvalue weighted by Gasteiger charge is 2.23. The topological polar surface area (TPSA) is 56.1 Å². The molecule has 1 N–H and O–H groups in total. The maximum Gasteiger partial charge on any atom is 0.238 e. The highest BCUT2D eigenvalue weighted by Crippen LogP contribution is 2.17. The van der Waals surface area contributed by atoms with Gasteiger partial charge in [-0.1, -0.05) is 15.9 Å². The third kappa shape index (κ3) is 4.05. The lowest BCUT2D eigenvalue weighted by atomic mass is 10.0. The number of nitrogens with zero attached hydrogens (tertiary/aromatic N) is 2. The molecule has 1 aromatic carbocycles. The van der Waals surface area contributed by atoms with Crippen LogP contribution in [-0.4, -0.2) is 29.9 Å². The summed E-state index contributed by atoms with van der Waals surface area (Å²) in [7, 11) is 0. The standard InChI is InChI=1S/C14H16BrN3O/c15-11-4-6-12(7-5-11)17-14(19)10-18-8-2-1-3-13(18)9-16/h4-7,13H,1-3,8,10H2,(H,17,19). The zero-order valence-corrected chi connectivity index (χ0v) is 12.2. The molecular weight excluding hydrogens is 306 g/mol. The predicted molar refractivity (Wildman–Crippen MR) is 77.6 cm³/mol. The number of amides is 1. The van der Waals surface area contributed by atoms with E-state index in [1.165, 1.54) is 0 Å². The number of nitrogens with one attached hydrogen (secondary N) is 1. The Balaban J connectivity index is 1.90. The molecule has 0 spiro atoms. The number of carbonyl (C=O) groups is 1. The molecule has 100 valence electrons. The maximum absolute atomic E-state index is 12.0. The van der Waals surface area contributed by atoms with Crippen molar-refractivity contribution in [3.63, 3.8) is 0 Å². The molecular formula is C14H16BrN3O. The summed E-state index contributed by atoms with van der Waals surface area (Å²) in [5.74, 6) is -0.0653. The number of piperidine rings is 1. The Hall–Kier alpha value is -1.38. The van der Waals surface area contributed by atoms with Gasteiger partial charge >= 0.3 is 0 Å². The van der Waals surface area contributed by atoms with Gasteiger partial charge in [-0.3, -0.25) is 9.69 Å². The minimum absolute atomic E-state index is 0.0653. The van der Waals surface area contributed by atoms with E-state index in [1.54, 1.807) is 0 Å². The van der Waals surface area contributed by atoms with Crippen LogP contribution in [0.3, 0.4) is 0 Å². The van der Waals surface area contributed by atoms with Gasteiger partial charge < -0.3 is 5.32 Å². The Morgan fingerprint density at radius 1 is 1.42 bits per heavy atom. The average molecular weight is 322 g/mol. The number of rotatable bonds is 3. The lowest BCUT2D eigenvalue weighted by Gasteiger charge is -2.30. The summed E-state index contributed by atoms with van der Waals surface area (Å²) >= 11 is 3.35. The number of hydrogen-bond donors (Lipinski definition) is 1. The van der Waals surface area contributed by atoms with E-state index in [0.717, 1.165) is 36.0 Å². The minimum Gasteiger partial charge on any atom is -0.325 e. The monoisotopic (exact) mass is 321 g/mol. The van der Waals surface area contributed by atoms with Gasteiger partial charge in [-0.05, 0) is 50.1 Å². The van der Waals surface area contributed by atoms with Crippen LogP contribution in [0.25, 0.3) is 0 Å². The van der Waals surface area contributed by atoms with E-state index in [0.29, 0.717) is 0 Å². The van der Waals surface area contributed by atoms with Crippen molar-refractivity contribution in [1.82, 2.24) is 4.90 Å². The van der Waals surface area contributed by atoms with Crippen molar-refractivity contribution in [2.45, 2.75) is 25.3 Å². The minimum atomic E-state index is -0.121. The van der Waals surface area contributed by atoms with E-state index in [1.807, 2.05) is 29.2 Å². The largest absolute Gasteiger partial charge is 0.325 e. The maximum atomic E-state index is 12.0. The first-order valence-corrected chi connectivity index (χ1v) is 7.17. The second-order valence-corrected chi connectivity index (χ2v) is 5.58. The van der Waals surface area contributed by atoms with Gasteiger partial charge in [-0.15, -0.1) is 0 Å². The quantitative estimate of drug-likeness (QED) is 0.931. The van der Waals surface area contributed by atoms with Crippen LogP contribution in [-0.2, 0) is 4.79 Å². The smallest absolute Gasteiger partial charge is 0.238 e. The SMILES string of the molecule is N#CC1CCCCN1CC(=O)Nc1ccc(Br)cc1. The summed E-state index contributed by atoms with van der Waals surface area (Å²) in [6.07, 6.45) is 2.99. The summed E-state index contributed by atoms with van der Waals surface area (Å²) in [5, 5.41) is 11.9. The number of anilines is 1. The molecule has 2 rings (SSSR count). The summed E-state index contributed by atoms with van der Waals surface area (Å²) in [5.41, 5.74) is 0.777. The number of likely N-dealkylation sites (tertiary alicyclic amines) is 1. The van der Waals surface area contributed by atoms with Crippen molar-refractivity contribution in [3.05, 3.63) is 28.7 Å². The van der Waals surface area contributed by atoms with E-state index < -0.39 is 0 Å². The van der Waals surface area contributed by atoms with Gasteiger partial charge in [-0.25, -0.2) is 0 Å². The van der Waals surface area contributed by atoms with E-state index in [-0.39, 0.29) is 18.5 Å². The summed E-state index contributed by atoms with van der Waals surface area (Å²) in [4.78, 5) is 13.9. The van der Waals surface area contributed by atoms with Crippen molar-refractivity contribution in [1.29, 1.82) is 5.26 Å². The molecule has 0 radical (unpaired) electrons.